The molecule has 0 amide bonds. The zero-order valence-corrected chi connectivity index (χ0v) is 9.91. The minimum Gasteiger partial charge on any atom is -0.317 e. The standard InChI is InChI=1S/C14H15NS/c1-2-10-14(15,13-9-6-11-16-13)12-7-4-3-5-8-12/h2-9,11H,1,10,15H2. The van der Waals surface area contributed by atoms with Gasteiger partial charge in [-0.25, -0.2) is 0 Å². The van der Waals surface area contributed by atoms with Crippen LogP contribution in [0.1, 0.15) is 16.9 Å². The van der Waals surface area contributed by atoms with Crippen molar-refractivity contribution in [1.29, 1.82) is 0 Å². The van der Waals surface area contributed by atoms with E-state index in [0.29, 0.717) is 0 Å². The summed E-state index contributed by atoms with van der Waals surface area (Å²) in [6.45, 7) is 3.81. The highest BCUT2D eigenvalue weighted by molar-refractivity contribution is 7.10. The second-order valence-corrected chi connectivity index (χ2v) is 4.76. The van der Waals surface area contributed by atoms with Gasteiger partial charge < -0.3 is 5.73 Å². The van der Waals surface area contributed by atoms with E-state index in [9.17, 15) is 0 Å². The normalized spacial score (nSPS) is 14.3. The van der Waals surface area contributed by atoms with Gasteiger partial charge in [0.25, 0.3) is 0 Å². The van der Waals surface area contributed by atoms with E-state index < -0.39 is 5.54 Å². The average molecular weight is 229 g/mol. The van der Waals surface area contributed by atoms with Crippen LogP contribution in [0, 0.1) is 0 Å². The fourth-order valence-corrected chi connectivity index (χ4v) is 2.73. The summed E-state index contributed by atoms with van der Waals surface area (Å²) in [5, 5.41) is 2.06. The number of hydrogen-bond donors (Lipinski definition) is 1. The Labute approximate surface area is 100 Å². The largest absolute Gasteiger partial charge is 0.317 e. The summed E-state index contributed by atoms with van der Waals surface area (Å²) in [4.78, 5) is 1.18. The maximum Gasteiger partial charge on any atom is 0.0793 e. The van der Waals surface area contributed by atoms with E-state index in [1.807, 2.05) is 30.3 Å². The van der Waals surface area contributed by atoms with Crippen LogP contribution in [0.25, 0.3) is 0 Å². The number of thiophene rings is 1. The van der Waals surface area contributed by atoms with E-state index in [4.69, 9.17) is 5.73 Å². The lowest BCUT2D eigenvalue weighted by atomic mass is 9.86. The van der Waals surface area contributed by atoms with Crippen LogP contribution in [0.5, 0.6) is 0 Å². The molecule has 1 nitrogen and oxygen atoms in total. The SMILES string of the molecule is C=CCC(N)(c1ccccc1)c1cccs1. The van der Waals surface area contributed by atoms with E-state index >= 15 is 0 Å². The molecule has 1 heterocycles. The Morgan fingerprint density at radius 1 is 1.19 bits per heavy atom. The van der Waals surface area contributed by atoms with Crippen molar-refractivity contribution < 1.29 is 0 Å². The number of rotatable bonds is 4. The molecule has 0 radical (unpaired) electrons. The molecule has 2 aromatic rings. The summed E-state index contributed by atoms with van der Waals surface area (Å²) in [5.74, 6) is 0. The molecule has 2 rings (SSSR count). The third-order valence-corrected chi connectivity index (χ3v) is 3.76. The van der Waals surface area contributed by atoms with Gasteiger partial charge in [0, 0.05) is 4.88 Å². The Hall–Kier alpha value is -1.38. The lowest BCUT2D eigenvalue weighted by Crippen LogP contribution is -2.36. The molecule has 1 unspecified atom stereocenters. The molecule has 0 saturated heterocycles. The van der Waals surface area contributed by atoms with Gasteiger partial charge in [-0.15, -0.1) is 17.9 Å². The molecule has 0 fully saturated rings. The third-order valence-electron chi connectivity index (χ3n) is 2.72. The maximum absolute atomic E-state index is 6.53. The molecular formula is C14H15NS. The second kappa shape index (κ2) is 4.64. The van der Waals surface area contributed by atoms with Crippen LogP contribution in [0.3, 0.4) is 0 Å². The molecule has 1 aromatic heterocycles. The van der Waals surface area contributed by atoms with E-state index in [0.717, 1.165) is 12.0 Å². The number of nitrogens with two attached hydrogens (primary N) is 1. The Kier molecular flexibility index (Phi) is 3.22. The summed E-state index contributed by atoms with van der Waals surface area (Å²) in [5.41, 5.74) is 7.24. The summed E-state index contributed by atoms with van der Waals surface area (Å²) in [7, 11) is 0. The minimum absolute atomic E-state index is 0.433. The lowest BCUT2D eigenvalue weighted by Gasteiger charge is -2.27. The van der Waals surface area contributed by atoms with Crippen molar-refractivity contribution in [3.05, 3.63) is 70.9 Å². The number of benzene rings is 1. The monoisotopic (exact) mass is 229 g/mol. The molecule has 0 aliphatic heterocycles. The zero-order chi connectivity index (χ0) is 11.4. The minimum atomic E-state index is -0.433. The summed E-state index contributed by atoms with van der Waals surface area (Å²) in [6.07, 6.45) is 2.63. The smallest absolute Gasteiger partial charge is 0.0793 e. The highest BCUT2D eigenvalue weighted by Crippen LogP contribution is 2.33. The zero-order valence-electron chi connectivity index (χ0n) is 9.10. The molecule has 2 heteroatoms. The molecule has 1 aromatic carbocycles. The molecule has 0 aliphatic carbocycles. The highest BCUT2D eigenvalue weighted by Gasteiger charge is 2.28. The molecule has 0 aliphatic rings. The van der Waals surface area contributed by atoms with Gasteiger partial charge >= 0.3 is 0 Å². The van der Waals surface area contributed by atoms with Crippen LogP contribution in [0.2, 0.25) is 0 Å². The highest BCUT2D eigenvalue weighted by atomic mass is 32.1. The van der Waals surface area contributed by atoms with Gasteiger partial charge in [-0.2, -0.15) is 0 Å². The Morgan fingerprint density at radius 2 is 1.94 bits per heavy atom. The van der Waals surface area contributed by atoms with Gasteiger partial charge in [0.15, 0.2) is 0 Å². The second-order valence-electron chi connectivity index (χ2n) is 3.81. The van der Waals surface area contributed by atoms with Crippen LogP contribution in [-0.2, 0) is 5.54 Å². The van der Waals surface area contributed by atoms with Crippen LogP contribution < -0.4 is 5.73 Å². The van der Waals surface area contributed by atoms with E-state index in [-0.39, 0.29) is 0 Å². The maximum atomic E-state index is 6.53. The summed E-state index contributed by atoms with van der Waals surface area (Å²) < 4.78 is 0. The van der Waals surface area contributed by atoms with Crippen molar-refractivity contribution in [3.63, 3.8) is 0 Å². The van der Waals surface area contributed by atoms with Gasteiger partial charge in [0.2, 0.25) is 0 Å². The van der Waals surface area contributed by atoms with Crippen molar-refractivity contribution in [2.45, 2.75) is 12.0 Å². The van der Waals surface area contributed by atoms with Crippen LogP contribution in [0.15, 0.2) is 60.5 Å². The Bertz CT molecular complexity index is 447. The van der Waals surface area contributed by atoms with Gasteiger partial charge in [0.05, 0.1) is 5.54 Å². The molecule has 82 valence electrons. The van der Waals surface area contributed by atoms with Gasteiger partial charge in [-0.3, -0.25) is 0 Å². The Morgan fingerprint density at radius 3 is 2.50 bits per heavy atom. The topological polar surface area (TPSA) is 26.0 Å². The van der Waals surface area contributed by atoms with Crippen molar-refractivity contribution in [1.82, 2.24) is 0 Å². The molecule has 16 heavy (non-hydrogen) atoms. The first-order valence-electron chi connectivity index (χ1n) is 5.26. The molecule has 2 N–H and O–H groups in total. The fourth-order valence-electron chi connectivity index (χ4n) is 1.86. The van der Waals surface area contributed by atoms with Crippen LogP contribution in [0.4, 0.5) is 0 Å². The van der Waals surface area contributed by atoms with Crippen molar-refractivity contribution in [2.75, 3.05) is 0 Å². The molecule has 0 spiro atoms. The molecular weight excluding hydrogens is 214 g/mol. The van der Waals surface area contributed by atoms with Gasteiger partial charge in [-0.05, 0) is 23.4 Å². The Balaban J connectivity index is 2.48. The third kappa shape index (κ3) is 1.94. The van der Waals surface area contributed by atoms with Gasteiger partial charge in [-0.1, -0.05) is 42.5 Å². The molecule has 1 atom stereocenters. The van der Waals surface area contributed by atoms with Crippen molar-refractivity contribution in [2.24, 2.45) is 5.73 Å². The predicted octanol–water partition coefficient (Wildman–Crippen LogP) is 3.53. The van der Waals surface area contributed by atoms with Crippen LogP contribution in [-0.4, -0.2) is 0 Å². The first-order chi connectivity index (χ1) is 7.77. The van der Waals surface area contributed by atoms with E-state index in [1.165, 1.54) is 4.88 Å². The van der Waals surface area contributed by atoms with E-state index in [2.05, 4.69) is 30.2 Å². The van der Waals surface area contributed by atoms with E-state index in [1.54, 1.807) is 11.3 Å². The first kappa shape index (κ1) is 11.1. The predicted molar refractivity (Wildman–Crippen MR) is 70.5 cm³/mol. The molecule has 0 bridgehead atoms. The quantitative estimate of drug-likeness (QED) is 0.797. The van der Waals surface area contributed by atoms with Crippen LogP contribution >= 0.6 is 11.3 Å². The average Bonchev–Trinajstić information content (AvgIpc) is 2.84. The fraction of sp³-hybridized carbons (Fsp3) is 0.143. The lowest BCUT2D eigenvalue weighted by molar-refractivity contribution is 0.559. The van der Waals surface area contributed by atoms with Gasteiger partial charge in [0.1, 0.15) is 0 Å². The molecule has 0 saturated carbocycles. The first-order valence-corrected chi connectivity index (χ1v) is 6.14. The summed E-state index contributed by atoms with van der Waals surface area (Å²) >= 11 is 1.69. The number of hydrogen-bond acceptors (Lipinski definition) is 2. The summed E-state index contributed by atoms with van der Waals surface area (Å²) in [6, 6.07) is 14.3. The van der Waals surface area contributed by atoms with Crippen molar-refractivity contribution >= 4 is 11.3 Å². The van der Waals surface area contributed by atoms with Crippen molar-refractivity contribution in [3.8, 4) is 0 Å².